The predicted octanol–water partition coefficient (Wildman–Crippen LogP) is 15.7. The number of allylic oxidation sites excluding steroid dienone is 6. The quantitative estimate of drug-likeness (QED) is 0.0245. The van der Waals surface area contributed by atoms with Crippen LogP contribution in [0.5, 0.6) is 0 Å². The minimum atomic E-state index is -0.790. The molecule has 60 heavy (non-hydrogen) atoms. The van der Waals surface area contributed by atoms with Gasteiger partial charge in [-0.25, -0.2) is 0 Å². The van der Waals surface area contributed by atoms with Crippen molar-refractivity contribution in [2.75, 3.05) is 6.61 Å². The number of ether oxygens (including phenoxy) is 1. The van der Waals surface area contributed by atoms with E-state index >= 15 is 0 Å². The third-order valence-electron chi connectivity index (χ3n) is 12.0. The molecule has 0 radical (unpaired) electrons. The predicted molar refractivity (Wildman–Crippen MR) is 259 cm³/mol. The van der Waals surface area contributed by atoms with Crippen LogP contribution in [-0.2, 0) is 14.3 Å². The molecule has 0 fully saturated rings. The number of carbonyl (C=O) groups excluding carboxylic acids is 2. The number of aliphatic hydroxyl groups excluding tert-OH is 2. The minimum absolute atomic E-state index is 0.0653. The zero-order valence-corrected chi connectivity index (χ0v) is 40.1. The van der Waals surface area contributed by atoms with Crippen LogP contribution in [0.4, 0.5) is 0 Å². The second-order valence-electron chi connectivity index (χ2n) is 17.9. The van der Waals surface area contributed by atoms with Crippen molar-refractivity contribution in [2.45, 2.75) is 289 Å². The fourth-order valence-corrected chi connectivity index (χ4v) is 7.95. The van der Waals surface area contributed by atoms with Gasteiger partial charge >= 0.3 is 5.97 Å². The molecule has 0 aliphatic carbocycles. The molecule has 3 N–H and O–H groups in total. The van der Waals surface area contributed by atoms with Crippen molar-refractivity contribution in [3.05, 3.63) is 36.5 Å². The number of hydrogen-bond donors (Lipinski definition) is 3. The van der Waals surface area contributed by atoms with Gasteiger partial charge in [-0.05, 0) is 77.0 Å². The summed E-state index contributed by atoms with van der Waals surface area (Å²) in [7, 11) is 0. The summed E-state index contributed by atoms with van der Waals surface area (Å²) in [6.45, 7) is 6.43. The monoisotopic (exact) mass is 844 g/mol. The first-order valence-corrected chi connectivity index (χ1v) is 26.2. The first-order valence-electron chi connectivity index (χ1n) is 26.2. The van der Waals surface area contributed by atoms with Crippen LogP contribution in [0.2, 0.25) is 0 Å². The third kappa shape index (κ3) is 42.8. The highest BCUT2D eigenvalue weighted by Gasteiger charge is 2.24. The van der Waals surface area contributed by atoms with Gasteiger partial charge in [0, 0.05) is 6.42 Å². The summed E-state index contributed by atoms with van der Waals surface area (Å²) in [5, 5.41) is 23.7. The normalized spacial score (nSPS) is 13.5. The average Bonchev–Trinajstić information content (AvgIpc) is 3.24. The minimum Gasteiger partial charge on any atom is -0.462 e. The van der Waals surface area contributed by atoms with Gasteiger partial charge in [-0.1, -0.05) is 218 Å². The molecule has 6 heteroatoms. The second-order valence-corrected chi connectivity index (χ2v) is 17.9. The fourth-order valence-electron chi connectivity index (χ4n) is 7.95. The molecule has 0 spiro atoms. The van der Waals surface area contributed by atoms with Crippen LogP contribution in [0.3, 0.4) is 0 Å². The molecule has 0 aliphatic rings. The Morgan fingerprint density at radius 1 is 0.483 bits per heavy atom. The molecule has 0 aromatic carbocycles. The van der Waals surface area contributed by atoms with Gasteiger partial charge in [0.2, 0.25) is 5.91 Å². The van der Waals surface area contributed by atoms with Gasteiger partial charge in [0.05, 0.1) is 25.2 Å². The lowest BCUT2D eigenvalue weighted by atomic mass is 10.0. The van der Waals surface area contributed by atoms with Crippen molar-refractivity contribution in [1.29, 1.82) is 0 Å². The molecule has 0 aromatic rings. The Morgan fingerprint density at radius 3 is 1.32 bits per heavy atom. The number of nitrogens with one attached hydrogen (secondary N) is 1. The van der Waals surface area contributed by atoms with Crippen molar-refractivity contribution in [3.63, 3.8) is 0 Å². The fraction of sp³-hybridized carbons (Fsp3) is 0.852. The van der Waals surface area contributed by atoms with E-state index in [4.69, 9.17) is 4.74 Å². The highest BCUT2D eigenvalue weighted by molar-refractivity contribution is 5.77. The van der Waals surface area contributed by atoms with E-state index in [2.05, 4.69) is 62.5 Å². The molecule has 0 aliphatic heterocycles. The Hall–Kier alpha value is -1.92. The van der Waals surface area contributed by atoms with E-state index in [1.807, 2.05) is 0 Å². The third-order valence-corrected chi connectivity index (χ3v) is 12.0. The number of rotatable bonds is 47. The Kier molecular flexibility index (Phi) is 46.6. The number of unbranched alkanes of at least 4 members (excludes halogenated alkanes) is 30. The van der Waals surface area contributed by atoms with E-state index in [-0.39, 0.29) is 24.9 Å². The van der Waals surface area contributed by atoms with E-state index in [1.54, 1.807) is 0 Å². The van der Waals surface area contributed by atoms with E-state index in [0.717, 1.165) is 77.0 Å². The highest BCUT2D eigenvalue weighted by atomic mass is 16.5. The lowest BCUT2D eigenvalue weighted by molar-refractivity contribution is -0.151. The van der Waals surface area contributed by atoms with Gasteiger partial charge in [-0.2, -0.15) is 0 Å². The maximum atomic E-state index is 13.2. The van der Waals surface area contributed by atoms with Gasteiger partial charge in [0.25, 0.3) is 0 Å². The van der Waals surface area contributed by atoms with Crippen molar-refractivity contribution < 1.29 is 24.5 Å². The van der Waals surface area contributed by atoms with Crippen molar-refractivity contribution >= 4 is 11.9 Å². The summed E-state index contributed by atoms with van der Waals surface area (Å²) < 4.78 is 5.93. The zero-order valence-electron chi connectivity index (χ0n) is 40.1. The molecule has 1 amide bonds. The summed E-state index contributed by atoms with van der Waals surface area (Å²) in [6.07, 6.45) is 56.4. The van der Waals surface area contributed by atoms with Gasteiger partial charge in [0.15, 0.2) is 0 Å². The zero-order chi connectivity index (χ0) is 43.8. The van der Waals surface area contributed by atoms with Crippen LogP contribution < -0.4 is 5.32 Å². The highest BCUT2D eigenvalue weighted by Crippen LogP contribution is 2.18. The number of aliphatic hydroxyl groups is 2. The Balaban J connectivity index is 4.51. The summed E-state index contributed by atoms with van der Waals surface area (Å²) in [4.78, 5) is 26.1. The molecular formula is C54H101NO5. The van der Waals surface area contributed by atoms with E-state index in [1.165, 1.54) is 148 Å². The molecule has 0 aromatic heterocycles. The molecular weight excluding hydrogens is 743 g/mol. The average molecular weight is 844 g/mol. The van der Waals surface area contributed by atoms with Gasteiger partial charge in [-0.3, -0.25) is 9.59 Å². The van der Waals surface area contributed by atoms with E-state index < -0.39 is 18.2 Å². The summed E-state index contributed by atoms with van der Waals surface area (Å²) in [5.41, 5.74) is 0. The van der Waals surface area contributed by atoms with E-state index in [9.17, 15) is 19.8 Å². The Morgan fingerprint density at radius 2 is 0.850 bits per heavy atom. The number of carbonyl (C=O) groups is 2. The van der Waals surface area contributed by atoms with Crippen LogP contribution in [0.25, 0.3) is 0 Å². The molecule has 352 valence electrons. The molecule has 0 saturated heterocycles. The van der Waals surface area contributed by atoms with Crippen molar-refractivity contribution in [3.8, 4) is 0 Å². The number of amides is 1. The largest absolute Gasteiger partial charge is 0.462 e. The molecule has 0 bridgehead atoms. The maximum Gasteiger partial charge on any atom is 0.306 e. The first-order chi connectivity index (χ1) is 29.5. The molecule has 0 heterocycles. The van der Waals surface area contributed by atoms with Gasteiger partial charge < -0.3 is 20.3 Å². The summed E-state index contributed by atoms with van der Waals surface area (Å²) in [5.74, 6) is -0.489. The molecule has 3 unspecified atom stereocenters. The Bertz CT molecular complexity index is 993. The lowest BCUT2D eigenvalue weighted by Crippen LogP contribution is -2.46. The lowest BCUT2D eigenvalue weighted by Gasteiger charge is -2.24. The van der Waals surface area contributed by atoms with Crippen LogP contribution in [0, 0.1) is 0 Å². The van der Waals surface area contributed by atoms with Gasteiger partial charge in [-0.15, -0.1) is 0 Å². The molecule has 6 nitrogen and oxygen atoms in total. The standard InChI is InChI=1S/C54H101NO5/c1-4-7-10-13-16-19-21-23-24-25-26-27-28-30-32-35-38-41-44-47-54(59)60-50(45-42-39-36-34-31-29-22-20-17-14-11-8-5-2)48-53(58)55-51(49-56)52(57)46-43-40-37-33-18-15-12-9-6-3/h17,20,22-24,29,50-52,56-57H,4-16,18-19,21,25-28,30-49H2,1-3H3,(H,55,58)/b20-17+,24-23+,29-22+. The number of esters is 1. The first kappa shape index (κ1) is 58.1. The molecule has 0 rings (SSSR count). The smallest absolute Gasteiger partial charge is 0.306 e. The van der Waals surface area contributed by atoms with Crippen LogP contribution in [0.15, 0.2) is 36.5 Å². The van der Waals surface area contributed by atoms with Crippen LogP contribution >= 0.6 is 0 Å². The molecule has 3 atom stereocenters. The van der Waals surface area contributed by atoms with Gasteiger partial charge in [0.1, 0.15) is 6.10 Å². The Labute approximate surface area is 373 Å². The second kappa shape index (κ2) is 48.1. The maximum absolute atomic E-state index is 13.2. The van der Waals surface area contributed by atoms with Crippen molar-refractivity contribution in [2.24, 2.45) is 0 Å². The topological polar surface area (TPSA) is 95.9 Å². The van der Waals surface area contributed by atoms with Crippen LogP contribution in [0.1, 0.15) is 271 Å². The summed E-state index contributed by atoms with van der Waals surface area (Å²) in [6, 6.07) is -0.705. The molecule has 0 saturated carbocycles. The number of hydrogen-bond acceptors (Lipinski definition) is 5. The van der Waals surface area contributed by atoms with Crippen molar-refractivity contribution in [1.82, 2.24) is 5.32 Å². The summed E-state index contributed by atoms with van der Waals surface area (Å²) >= 11 is 0. The SMILES string of the molecule is CCCCC/C=C/C=C/CCCCCCC(CC(=O)NC(CO)C(O)CCCCCCCCCCC)OC(=O)CCCCCCCCCCC/C=C/CCCCCCCC. The van der Waals surface area contributed by atoms with E-state index in [0.29, 0.717) is 19.3 Å². The van der Waals surface area contributed by atoms with Crippen LogP contribution in [-0.4, -0.2) is 46.9 Å².